The topological polar surface area (TPSA) is 62.2 Å². The van der Waals surface area contributed by atoms with Gasteiger partial charge in [-0.2, -0.15) is 0 Å². The summed E-state index contributed by atoms with van der Waals surface area (Å²) in [6.07, 6.45) is -5.94. The Kier molecular flexibility index (Phi) is 4.56. The quantitative estimate of drug-likeness (QED) is 0.857. The molecule has 1 N–H and O–H groups in total. The number of aliphatic hydroxyl groups is 1. The number of carbonyl (C=O) groups excluding carboxylic acids is 1. The number of piperazine rings is 1. The highest BCUT2D eigenvalue weighted by Gasteiger charge is 2.47. The molecule has 2 heterocycles. The number of halogens is 3. The predicted molar refractivity (Wildman–Crippen MR) is 85.8 cm³/mol. The summed E-state index contributed by atoms with van der Waals surface area (Å²) < 4.78 is 47.4. The van der Waals surface area contributed by atoms with Crippen LogP contribution in [0.25, 0.3) is 0 Å². The van der Waals surface area contributed by atoms with Gasteiger partial charge in [0.25, 0.3) is 0 Å². The monoisotopic (exact) mass is 374 g/mol. The van der Waals surface area contributed by atoms with Crippen molar-refractivity contribution in [3.63, 3.8) is 0 Å². The summed E-state index contributed by atoms with van der Waals surface area (Å²) in [7, 11) is 1.81. The highest BCUT2D eigenvalue weighted by atomic mass is 19.4. The van der Waals surface area contributed by atoms with Crippen LogP contribution in [0.3, 0.4) is 0 Å². The third-order valence-corrected chi connectivity index (χ3v) is 4.70. The van der Waals surface area contributed by atoms with Crippen LogP contribution in [0.1, 0.15) is 25.5 Å². The highest BCUT2D eigenvalue weighted by molar-refractivity contribution is 5.80. The van der Waals surface area contributed by atoms with Crippen molar-refractivity contribution in [2.24, 2.45) is 0 Å². The van der Waals surface area contributed by atoms with E-state index < -0.39 is 29.9 Å². The summed E-state index contributed by atoms with van der Waals surface area (Å²) >= 11 is 0. The van der Waals surface area contributed by atoms with Crippen LogP contribution in [0.5, 0.6) is 11.5 Å². The molecule has 1 aromatic carbocycles. The molecule has 1 amide bonds. The Hall–Kier alpha value is -2.00. The van der Waals surface area contributed by atoms with Crippen LogP contribution >= 0.6 is 0 Å². The average molecular weight is 374 g/mol. The van der Waals surface area contributed by atoms with Crippen LogP contribution in [0.2, 0.25) is 0 Å². The number of fused-ring (bicyclic) bond motifs is 1. The van der Waals surface area contributed by atoms with E-state index in [4.69, 9.17) is 4.74 Å². The first-order valence-corrected chi connectivity index (χ1v) is 8.23. The summed E-state index contributed by atoms with van der Waals surface area (Å²) in [5, 5.41) is 10.8. The van der Waals surface area contributed by atoms with Gasteiger partial charge in [0.15, 0.2) is 0 Å². The van der Waals surface area contributed by atoms with Gasteiger partial charge in [-0.05, 0) is 39.1 Å². The molecule has 2 atom stereocenters. The van der Waals surface area contributed by atoms with Crippen molar-refractivity contribution in [3.8, 4) is 11.5 Å². The SMILES string of the molecule is CN1CCN([C@@H]2c3cc(OC(F)(F)F)ccc3OC(C)(C)[C@H]2O)C(=O)C1. The second-order valence-corrected chi connectivity index (χ2v) is 7.17. The molecule has 2 aliphatic heterocycles. The van der Waals surface area contributed by atoms with Gasteiger partial charge in [0.2, 0.25) is 5.91 Å². The molecule has 2 aliphatic rings. The van der Waals surface area contributed by atoms with E-state index in [0.29, 0.717) is 24.4 Å². The molecule has 0 saturated carbocycles. The molecule has 0 aromatic heterocycles. The number of aliphatic hydroxyl groups excluding tert-OH is 1. The van der Waals surface area contributed by atoms with E-state index in [9.17, 15) is 23.1 Å². The van der Waals surface area contributed by atoms with Gasteiger partial charge < -0.3 is 19.5 Å². The molecule has 0 aliphatic carbocycles. The molecule has 3 rings (SSSR count). The van der Waals surface area contributed by atoms with Crippen molar-refractivity contribution < 1.29 is 32.5 Å². The van der Waals surface area contributed by atoms with Crippen LogP contribution in [0.15, 0.2) is 18.2 Å². The molecule has 26 heavy (non-hydrogen) atoms. The first-order valence-electron chi connectivity index (χ1n) is 8.23. The standard InChI is InChI=1S/C17H21F3N2O4/c1-16(2)15(24)14(22-7-6-21(3)9-13(22)23)11-8-10(25-17(18,19)20)4-5-12(11)26-16/h4-5,8,14-15,24H,6-7,9H2,1-3H3/t14-,15+/m1/s1. The Morgan fingerprint density at radius 2 is 2.00 bits per heavy atom. The number of amides is 1. The van der Waals surface area contributed by atoms with Gasteiger partial charge >= 0.3 is 6.36 Å². The van der Waals surface area contributed by atoms with Gasteiger partial charge in [0, 0.05) is 18.7 Å². The number of rotatable bonds is 2. The molecular formula is C17H21F3N2O4. The van der Waals surface area contributed by atoms with E-state index >= 15 is 0 Å². The van der Waals surface area contributed by atoms with E-state index in [0.717, 1.165) is 6.07 Å². The first-order chi connectivity index (χ1) is 12.0. The van der Waals surface area contributed by atoms with Crippen LogP contribution in [-0.4, -0.2) is 65.6 Å². The van der Waals surface area contributed by atoms with Crippen LogP contribution in [-0.2, 0) is 4.79 Å². The fourth-order valence-corrected chi connectivity index (χ4v) is 3.38. The molecule has 9 heteroatoms. The minimum Gasteiger partial charge on any atom is -0.485 e. The highest BCUT2D eigenvalue weighted by Crippen LogP contribution is 2.45. The van der Waals surface area contributed by atoms with E-state index in [1.165, 1.54) is 17.0 Å². The smallest absolute Gasteiger partial charge is 0.485 e. The molecule has 1 fully saturated rings. The van der Waals surface area contributed by atoms with Crippen molar-refractivity contribution in [1.29, 1.82) is 0 Å². The lowest BCUT2D eigenvalue weighted by Crippen LogP contribution is -2.58. The van der Waals surface area contributed by atoms with Crippen LogP contribution in [0, 0.1) is 0 Å². The lowest BCUT2D eigenvalue weighted by atomic mass is 9.85. The van der Waals surface area contributed by atoms with Gasteiger partial charge in [-0.15, -0.1) is 13.2 Å². The summed E-state index contributed by atoms with van der Waals surface area (Å²) in [6, 6.07) is 2.89. The molecular weight excluding hydrogens is 353 g/mol. The van der Waals surface area contributed by atoms with Gasteiger partial charge in [0.05, 0.1) is 12.6 Å². The molecule has 0 bridgehead atoms. The summed E-state index contributed by atoms with van der Waals surface area (Å²) in [4.78, 5) is 15.9. The minimum absolute atomic E-state index is 0.179. The fraction of sp³-hybridized carbons (Fsp3) is 0.588. The molecule has 0 unspecified atom stereocenters. The van der Waals surface area contributed by atoms with Crippen molar-refractivity contribution in [2.75, 3.05) is 26.7 Å². The second-order valence-electron chi connectivity index (χ2n) is 7.17. The van der Waals surface area contributed by atoms with E-state index in [1.807, 2.05) is 11.9 Å². The lowest BCUT2D eigenvalue weighted by molar-refractivity contribution is -0.274. The van der Waals surface area contributed by atoms with Crippen molar-refractivity contribution in [3.05, 3.63) is 23.8 Å². The number of ether oxygens (including phenoxy) is 2. The first kappa shape index (κ1) is 18.8. The summed E-state index contributed by atoms with van der Waals surface area (Å²) in [5.74, 6) is -0.293. The normalized spacial score (nSPS) is 26.3. The van der Waals surface area contributed by atoms with Crippen molar-refractivity contribution in [1.82, 2.24) is 9.80 Å². The zero-order valence-corrected chi connectivity index (χ0v) is 14.7. The number of hydrogen-bond acceptors (Lipinski definition) is 5. The zero-order chi connectivity index (χ0) is 19.3. The van der Waals surface area contributed by atoms with Gasteiger partial charge in [-0.3, -0.25) is 9.69 Å². The number of benzene rings is 1. The number of carbonyl (C=O) groups is 1. The number of alkyl halides is 3. The maximum Gasteiger partial charge on any atom is 0.573 e. The summed E-state index contributed by atoms with van der Waals surface area (Å²) in [6.45, 7) is 4.49. The Labute approximate surface area is 149 Å². The third kappa shape index (κ3) is 3.59. The maximum atomic E-state index is 12.6. The molecule has 144 valence electrons. The van der Waals surface area contributed by atoms with Gasteiger partial charge in [0.1, 0.15) is 23.2 Å². The number of likely N-dealkylation sites (N-methyl/N-ethyl adjacent to an activating group) is 1. The minimum atomic E-state index is -4.83. The van der Waals surface area contributed by atoms with E-state index in [-0.39, 0.29) is 12.5 Å². The van der Waals surface area contributed by atoms with Crippen molar-refractivity contribution >= 4 is 5.91 Å². The summed E-state index contributed by atoms with van der Waals surface area (Å²) in [5.41, 5.74) is -0.704. The average Bonchev–Trinajstić information content (AvgIpc) is 2.49. The maximum absolute atomic E-state index is 12.6. The molecule has 6 nitrogen and oxygen atoms in total. The third-order valence-electron chi connectivity index (χ3n) is 4.70. The molecule has 0 spiro atoms. The van der Waals surface area contributed by atoms with E-state index in [1.54, 1.807) is 13.8 Å². The van der Waals surface area contributed by atoms with Gasteiger partial charge in [-0.1, -0.05) is 0 Å². The van der Waals surface area contributed by atoms with E-state index in [2.05, 4.69) is 4.74 Å². The lowest BCUT2D eigenvalue weighted by Gasteiger charge is -2.48. The molecule has 1 aromatic rings. The Bertz CT molecular complexity index is 708. The fourth-order valence-electron chi connectivity index (χ4n) is 3.38. The van der Waals surface area contributed by atoms with Gasteiger partial charge in [-0.25, -0.2) is 0 Å². The Morgan fingerprint density at radius 3 is 2.62 bits per heavy atom. The number of hydrogen-bond donors (Lipinski definition) is 1. The Balaban J connectivity index is 2.02. The van der Waals surface area contributed by atoms with Crippen LogP contribution < -0.4 is 9.47 Å². The second kappa shape index (κ2) is 6.31. The zero-order valence-electron chi connectivity index (χ0n) is 14.7. The molecule has 0 radical (unpaired) electrons. The number of nitrogens with zero attached hydrogens (tertiary/aromatic N) is 2. The molecule has 1 saturated heterocycles. The Morgan fingerprint density at radius 1 is 1.31 bits per heavy atom. The van der Waals surface area contributed by atoms with Crippen LogP contribution in [0.4, 0.5) is 13.2 Å². The predicted octanol–water partition coefficient (Wildman–Crippen LogP) is 1.93. The van der Waals surface area contributed by atoms with Crippen molar-refractivity contribution in [2.45, 2.75) is 38.0 Å². The largest absolute Gasteiger partial charge is 0.573 e.